The van der Waals surface area contributed by atoms with Gasteiger partial charge in [0.1, 0.15) is 0 Å². The predicted molar refractivity (Wildman–Crippen MR) is 106 cm³/mol. The van der Waals surface area contributed by atoms with Crippen LogP contribution in [0.2, 0.25) is 0 Å². The van der Waals surface area contributed by atoms with Gasteiger partial charge in [0.15, 0.2) is 10.9 Å². The summed E-state index contributed by atoms with van der Waals surface area (Å²) in [6.45, 7) is 1.22. The topological polar surface area (TPSA) is 79.4 Å². The number of fused-ring (bicyclic) bond motifs is 1. The molecule has 1 aromatic carbocycles. The minimum absolute atomic E-state index is 0.111. The second-order valence-electron chi connectivity index (χ2n) is 7.01. The van der Waals surface area contributed by atoms with Crippen molar-refractivity contribution < 1.29 is 13.2 Å². The number of anilines is 1. The second-order valence-corrected chi connectivity index (χ2v) is 10.0. The molecule has 0 bridgehead atoms. The maximum Gasteiger partial charge on any atom is 0.243 e. The number of hydrogen-bond acceptors (Lipinski definition) is 6. The van der Waals surface area contributed by atoms with E-state index in [0.29, 0.717) is 18.7 Å². The quantitative estimate of drug-likeness (QED) is 0.747. The Morgan fingerprint density at radius 2 is 1.93 bits per heavy atom. The summed E-state index contributed by atoms with van der Waals surface area (Å²) < 4.78 is 26.9. The summed E-state index contributed by atoms with van der Waals surface area (Å²) in [6, 6.07) is 6.36. The van der Waals surface area contributed by atoms with Crippen molar-refractivity contribution in [1.82, 2.24) is 9.29 Å². The molecule has 2 heterocycles. The fourth-order valence-corrected chi connectivity index (χ4v) is 6.20. The molecule has 0 unspecified atom stereocenters. The number of ketones is 1. The van der Waals surface area contributed by atoms with E-state index < -0.39 is 10.0 Å². The van der Waals surface area contributed by atoms with Crippen LogP contribution < -0.4 is 5.32 Å². The first-order valence-electron chi connectivity index (χ1n) is 9.40. The van der Waals surface area contributed by atoms with Gasteiger partial charge in [0.2, 0.25) is 10.0 Å². The third-order valence-corrected chi connectivity index (χ3v) is 8.11. The summed E-state index contributed by atoms with van der Waals surface area (Å²) in [5.74, 6) is -0.137. The van der Waals surface area contributed by atoms with Crippen molar-refractivity contribution >= 4 is 32.3 Å². The number of thiazole rings is 1. The van der Waals surface area contributed by atoms with Gasteiger partial charge in [-0.25, -0.2) is 13.4 Å². The fraction of sp³-hybridized carbons (Fsp3) is 0.474. The average Bonchev–Trinajstić information content (AvgIpc) is 3.36. The number of sulfonamides is 1. The third kappa shape index (κ3) is 3.93. The Kier molecular flexibility index (Phi) is 5.29. The van der Waals surface area contributed by atoms with E-state index in [1.54, 1.807) is 29.5 Å². The number of Topliss-reactive ketones (excluding diaryl/α,β-unsaturated/α-hetero) is 1. The number of rotatable bonds is 6. The minimum atomic E-state index is -3.51. The molecule has 1 aliphatic carbocycles. The molecule has 6 nitrogen and oxygen atoms in total. The van der Waals surface area contributed by atoms with E-state index in [1.807, 2.05) is 0 Å². The lowest BCUT2D eigenvalue weighted by Gasteiger charge is -2.15. The van der Waals surface area contributed by atoms with Crippen LogP contribution in [-0.2, 0) is 22.9 Å². The van der Waals surface area contributed by atoms with Gasteiger partial charge in [-0.05, 0) is 50.7 Å². The molecular formula is C19H23N3O3S2. The fourth-order valence-electron chi connectivity index (χ4n) is 3.59. The van der Waals surface area contributed by atoms with Crippen molar-refractivity contribution in [2.24, 2.45) is 0 Å². The summed E-state index contributed by atoms with van der Waals surface area (Å²) in [5, 5.41) is 3.89. The van der Waals surface area contributed by atoms with E-state index in [4.69, 9.17) is 0 Å². The van der Waals surface area contributed by atoms with Gasteiger partial charge >= 0.3 is 0 Å². The molecule has 0 saturated carbocycles. The van der Waals surface area contributed by atoms with Crippen molar-refractivity contribution in [2.45, 2.75) is 43.4 Å². The van der Waals surface area contributed by atoms with Gasteiger partial charge < -0.3 is 5.32 Å². The van der Waals surface area contributed by atoms with Gasteiger partial charge in [-0.1, -0.05) is 12.1 Å². The van der Waals surface area contributed by atoms with Gasteiger partial charge in [0.05, 0.1) is 17.1 Å². The molecular weight excluding hydrogens is 382 g/mol. The van der Waals surface area contributed by atoms with Crippen LogP contribution in [0.15, 0.2) is 29.2 Å². The van der Waals surface area contributed by atoms with Gasteiger partial charge in [0.25, 0.3) is 0 Å². The smallest absolute Gasteiger partial charge is 0.243 e. The number of carbonyl (C=O) groups is 1. The van der Waals surface area contributed by atoms with Crippen LogP contribution in [0.5, 0.6) is 0 Å². The van der Waals surface area contributed by atoms with E-state index in [-0.39, 0.29) is 17.2 Å². The zero-order valence-electron chi connectivity index (χ0n) is 15.1. The largest absolute Gasteiger partial charge is 0.354 e. The van der Waals surface area contributed by atoms with Crippen molar-refractivity contribution in [3.8, 4) is 0 Å². The minimum Gasteiger partial charge on any atom is -0.354 e. The molecule has 144 valence electrons. The Morgan fingerprint density at radius 1 is 1.15 bits per heavy atom. The molecule has 1 saturated heterocycles. The molecule has 2 aromatic rings. The summed E-state index contributed by atoms with van der Waals surface area (Å²) in [5.41, 5.74) is 1.56. The van der Waals surface area contributed by atoms with E-state index in [9.17, 15) is 13.2 Å². The first-order chi connectivity index (χ1) is 13.0. The first-order valence-corrected chi connectivity index (χ1v) is 11.7. The molecule has 4 rings (SSSR count). The molecule has 1 N–H and O–H groups in total. The van der Waals surface area contributed by atoms with Crippen molar-refractivity contribution in [1.29, 1.82) is 0 Å². The Labute approximate surface area is 163 Å². The first kappa shape index (κ1) is 18.6. The molecule has 0 atom stereocenters. The van der Waals surface area contributed by atoms with E-state index in [2.05, 4.69) is 10.3 Å². The number of hydrogen-bond donors (Lipinski definition) is 1. The van der Waals surface area contributed by atoms with Gasteiger partial charge in [-0.15, -0.1) is 11.3 Å². The molecule has 1 fully saturated rings. The highest BCUT2D eigenvalue weighted by Gasteiger charge is 2.27. The van der Waals surface area contributed by atoms with Gasteiger partial charge in [-0.3, -0.25) is 4.79 Å². The molecule has 0 amide bonds. The predicted octanol–water partition coefficient (Wildman–Crippen LogP) is 3.10. The standard InChI is InChI=1S/C19H23N3O3S2/c23-17(13-20-19-21-16-8-1-2-9-18(16)26-19)14-6-5-7-15(12-14)27(24,25)22-10-3-4-11-22/h5-7,12H,1-4,8-11,13H2,(H,20,21). The van der Waals surface area contributed by atoms with Crippen LogP contribution in [-0.4, -0.2) is 43.1 Å². The molecule has 0 spiro atoms. The second kappa shape index (κ2) is 7.69. The lowest BCUT2D eigenvalue weighted by molar-refractivity contribution is 0.101. The zero-order chi connectivity index (χ0) is 18.9. The molecule has 0 radical (unpaired) electrons. The highest BCUT2D eigenvalue weighted by Crippen LogP contribution is 2.29. The van der Waals surface area contributed by atoms with E-state index in [1.165, 1.54) is 28.1 Å². The van der Waals surface area contributed by atoms with Crippen LogP contribution in [0.3, 0.4) is 0 Å². The summed E-state index contributed by atoms with van der Waals surface area (Å²) in [7, 11) is -3.51. The average molecular weight is 406 g/mol. The number of carbonyl (C=O) groups excluding carboxylic acids is 1. The van der Waals surface area contributed by atoms with Crippen LogP contribution in [0.1, 0.15) is 46.6 Å². The maximum absolute atomic E-state index is 12.7. The Balaban J connectivity index is 1.45. The normalized spacial score (nSPS) is 17.6. The van der Waals surface area contributed by atoms with Gasteiger partial charge in [-0.2, -0.15) is 4.31 Å². The highest BCUT2D eigenvalue weighted by atomic mass is 32.2. The zero-order valence-corrected chi connectivity index (χ0v) is 16.7. The number of aromatic nitrogens is 1. The lowest BCUT2D eigenvalue weighted by Crippen LogP contribution is -2.28. The molecule has 1 aromatic heterocycles. The van der Waals surface area contributed by atoms with Gasteiger partial charge in [0, 0.05) is 23.5 Å². The number of nitrogens with zero attached hydrogens (tertiary/aromatic N) is 2. The van der Waals surface area contributed by atoms with Crippen LogP contribution in [0.4, 0.5) is 5.13 Å². The van der Waals surface area contributed by atoms with Crippen LogP contribution in [0.25, 0.3) is 0 Å². The number of aryl methyl sites for hydroxylation is 2. The van der Waals surface area contributed by atoms with Crippen LogP contribution >= 0.6 is 11.3 Å². The molecule has 1 aliphatic heterocycles. The third-order valence-electron chi connectivity index (χ3n) is 5.10. The van der Waals surface area contributed by atoms with Crippen molar-refractivity contribution in [3.63, 3.8) is 0 Å². The van der Waals surface area contributed by atoms with E-state index in [0.717, 1.165) is 36.5 Å². The Hall–Kier alpha value is -1.77. The Morgan fingerprint density at radius 3 is 2.70 bits per heavy atom. The molecule has 27 heavy (non-hydrogen) atoms. The molecule has 2 aliphatic rings. The summed E-state index contributed by atoms with van der Waals surface area (Å²) in [4.78, 5) is 18.7. The number of benzene rings is 1. The SMILES string of the molecule is O=C(CNc1nc2c(s1)CCCC2)c1cccc(S(=O)(=O)N2CCCC2)c1. The monoisotopic (exact) mass is 405 g/mol. The lowest BCUT2D eigenvalue weighted by atomic mass is 10.0. The van der Waals surface area contributed by atoms with Crippen molar-refractivity contribution in [3.05, 3.63) is 40.4 Å². The highest BCUT2D eigenvalue weighted by molar-refractivity contribution is 7.89. The Bertz CT molecular complexity index is 923. The van der Waals surface area contributed by atoms with Crippen LogP contribution in [0, 0.1) is 0 Å². The maximum atomic E-state index is 12.7. The number of nitrogens with one attached hydrogen (secondary N) is 1. The summed E-state index contributed by atoms with van der Waals surface area (Å²) >= 11 is 1.62. The van der Waals surface area contributed by atoms with E-state index >= 15 is 0 Å². The molecule has 8 heteroatoms. The summed E-state index contributed by atoms with van der Waals surface area (Å²) in [6.07, 6.45) is 6.23. The van der Waals surface area contributed by atoms with Crippen molar-refractivity contribution in [2.75, 3.05) is 25.0 Å².